The fourth-order valence-corrected chi connectivity index (χ4v) is 2.37. The van der Waals surface area contributed by atoms with Gasteiger partial charge in [0.2, 0.25) is 11.8 Å². The van der Waals surface area contributed by atoms with Crippen molar-refractivity contribution in [3.8, 4) is 5.88 Å². The lowest BCUT2D eigenvalue weighted by Gasteiger charge is -2.17. The van der Waals surface area contributed by atoms with Gasteiger partial charge in [0.05, 0.1) is 12.8 Å². The third kappa shape index (κ3) is 3.85. The molecule has 0 amide bonds. The van der Waals surface area contributed by atoms with Gasteiger partial charge in [0, 0.05) is 37.6 Å². The molecule has 1 saturated heterocycles. The maximum Gasteiger partial charge on any atom is 0.433 e. The predicted molar refractivity (Wildman–Crippen MR) is 74.9 cm³/mol. The summed E-state index contributed by atoms with van der Waals surface area (Å²) in [7, 11) is 0. The largest absolute Gasteiger partial charge is 0.476 e. The molecule has 23 heavy (non-hydrogen) atoms. The minimum atomic E-state index is -4.47. The highest BCUT2D eigenvalue weighted by molar-refractivity contribution is 5.32. The van der Waals surface area contributed by atoms with Crippen molar-refractivity contribution in [1.29, 1.82) is 0 Å². The van der Waals surface area contributed by atoms with Crippen molar-refractivity contribution in [2.45, 2.75) is 12.6 Å². The molecule has 1 aliphatic heterocycles. The van der Waals surface area contributed by atoms with Gasteiger partial charge in [-0.25, -0.2) is 15.0 Å². The molecule has 3 heterocycles. The Kier molecular flexibility index (Phi) is 4.26. The van der Waals surface area contributed by atoms with E-state index in [2.05, 4.69) is 19.9 Å². The maximum absolute atomic E-state index is 12.7. The molecule has 0 radical (unpaired) electrons. The Morgan fingerprint density at radius 3 is 2.83 bits per heavy atom. The average Bonchev–Trinajstić information content (AvgIpc) is 3.02. The third-order valence-electron chi connectivity index (χ3n) is 3.51. The van der Waals surface area contributed by atoms with Gasteiger partial charge in [-0.15, -0.1) is 0 Å². The first-order valence-corrected chi connectivity index (χ1v) is 7.06. The van der Waals surface area contributed by atoms with Gasteiger partial charge in [0.15, 0.2) is 0 Å². The van der Waals surface area contributed by atoms with Crippen molar-refractivity contribution in [1.82, 2.24) is 19.9 Å². The van der Waals surface area contributed by atoms with Crippen LogP contribution in [-0.4, -0.2) is 39.6 Å². The summed E-state index contributed by atoms with van der Waals surface area (Å²) in [6.45, 7) is 1.56. The molecule has 0 N–H and O–H groups in total. The summed E-state index contributed by atoms with van der Waals surface area (Å²) < 4.78 is 43.6. The first-order valence-electron chi connectivity index (χ1n) is 7.06. The van der Waals surface area contributed by atoms with E-state index in [1.807, 2.05) is 0 Å². The lowest BCUT2D eigenvalue weighted by atomic mass is 10.1. The molecule has 0 spiro atoms. The number of alkyl halides is 3. The molecule has 1 atom stereocenters. The monoisotopic (exact) mass is 325 g/mol. The van der Waals surface area contributed by atoms with Gasteiger partial charge in [0.25, 0.3) is 0 Å². The Hall–Kier alpha value is -2.45. The Labute approximate surface area is 130 Å². The molecule has 1 aliphatic rings. The van der Waals surface area contributed by atoms with Crippen molar-refractivity contribution in [3.63, 3.8) is 0 Å². The molecular formula is C14H14F3N5O. The van der Waals surface area contributed by atoms with Crippen LogP contribution in [0.3, 0.4) is 0 Å². The summed E-state index contributed by atoms with van der Waals surface area (Å²) in [6.07, 6.45) is 2.06. The highest BCUT2D eigenvalue weighted by Crippen LogP contribution is 2.29. The molecule has 122 valence electrons. The van der Waals surface area contributed by atoms with Crippen LogP contribution in [0.1, 0.15) is 12.1 Å². The van der Waals surface area contributed by atoms with Crippen LogP contribution in [0.5, 0.6) is 5.88 Å². The number of nitrogens with zero attached hydrogens (tertiary/aromatic N) is 5. The average molecular weight is 325 g/mol. The van der Waals surface area contributed by atoms with Crippen molar-refractivity contribution >= 4 is 5.95 Å². The number of hydrogen-bond acceptors (Lipinski definition) is 6. The highest BCUT2D eigenvalue weighted by atomic mass is 19.4. The zero-order valence-electron chi connectivity index (χ0n) is 12.1. The minimum Gasteiger partial charge on any atom is -0.476 e. The van der Waals surface area contributed by atoms with Gasteiger partial charge < -0.3 is 9.64 Å². The number of hydrogen-bond donors (Lipinski definition) is 0. The molecule has 9 heteroatoms. The minimum absolute atomic E-state index is 0.0989. The van der Waals surface area contributed by atoms with E-state index in [4.69, 9.17) is 4.74 Å². The van der Waals surface area contributed by atoms with E-state index in [1.165, 1.54) is 12.4 Å². The van der Waals surface area contributed by atoms with Crippen LogP contribution in [0, 0.1) is 5.92 Å². The molecule has 1 fully saturated rings. The smallest absolute Gasteiger partial charge is 0.433 e. The summed E-state index contributed by atoms with van der Waals surface area (Å²) in [5, 5.41) is 0. The summed E-state index contributed by atoms with van der Waals surface area (Å²) in [6, 6.07) is 0.869. The summed E-state index contributed by atoms with van der Waals surface area (Å²) in [5.41, 5.74) is -0.929. The molecule has 2 aromatic rings. The molecule has 0 saturated carbocycles. The summed E-state index contributed by atoms with van der Waals surface area (Å²) >= 11 is 0. The van der Waals surface area contributed by atoms with Gasteiger partial charge in [-0.05, 0) is 12.5 Å². The first kappa shape index (κ1) is 15.4. The molecule has 0 aromatic carbocycles. The molecule has 0 aliphatic carbocycles. The van der Waals surface area contributed by atoms with E-state index in [9.17, 15) is 13.2 Å². The Morgan fingerprint density at radius 1 is 1.22 bits per heavy atom. The van der Waals surface area contributed by atoms with Gasteiger partial charge in [-0.3, -0.25) is 4.98 Å². The number of rotatable bonds is 4. The molecular weight excluding hydrogens is 311 g/mol. The van der Waals surface area contributed by atoms with Crippen LogP contribution in [0.4, 0.5) is 19.1 Å². The first-order chi connectivity index (χ1) is 11.0. The standard InChI is InChI=1S/C14H14F3N5O/c15-14(16,17)11-1-3-20-13(21-11)22-6-2-10(8-22)9-23-12-7-18-4-5-19-12/h1,3-5,7,10H,2,6,8-9H2. The molecule has 6 nitrogen and oxygen atoms in total. The molecule has 0 bridgehead atoms. The van der Waals surface area contributed by atoms with Crippen molar-refractivity contribution in [2.24, 2.45) is 5.92 Å². The Balaban J connectivity index is 1.59. The van der Waals surface area contributed by atoms with Crippen LogP contribution in [-0.2, 0) is 6.18 Å². The van der Waals surface area contributed by atoms with Crippen molar-refractivity contribution in [2.75, 3.05) is 24.6 Å². The second-order valence-electron chi connectivity index (χ2n) is 5.20. The van der Waals surface area contributed by atoms with E-state index in [0.717, 1.165) is 18.7 Å². The fraction of sp³-hybridized carbons (Fsp3) is 0.429. The van der Waals surface area contributed by atoms with E-state index < -0.39 is 11.9 Å². The van der Waals surface area contributed by atoms with Crippen LogP contribution >= 0.6 is 0 Å². The second-order valence-corrected chi connectivity index (χ2v) is 5.20. The molecule has 1 unspecified atom stereocenters. The van der Waals surface area contributed by atoms with Crippen molar-refractivity contribution < 1.29 is 17.9 Å². The number of anilines is 1. The number of ether oxygens (including phenoxy) is 1. The summed E-state index contributed by atoms with van der Waals surface area (Å²) in [5.74, 6) is 0.707. The van der Waals surface area contributed by atoms with Crippen LogP contribution < -0.4 is 9.64 Å². The fourth-order valence-electron chi connectivity index (χ4n) is 2.37. The maximum atomic E-state index is 12.7. The second kappa shape index (κ2) is 6.35. The van der Waals surface area contributed by atoms with E-state index in [0.29, 0.717) is 25.6 Å². The molecule has 2 aromatic heterocycles. The zero-order chi connectivity index (χ0) is 16.3. The Morgan fingerprint density at radius 2 is 2.09 bits per heavy atom. The van der Waals surface area contributed by atoms with Crippen LogP contribution in [0.15, 0.2) is 30.9 Å². The number of aromatic nitrogens is 4. The summed E-state index contributed by atoms with van der Waals surface area (Å²) in [4.78, 5) is 17.2. The van der Waals surface area contributed by atoms with E-state index in [-0.39, 0.29) is 11.9 Å². The highest BCUT2D eigenvalue weighted by Gasteiger charge is 2.34. The quantitative estimate of drug-likeness (QED) is 0.859. The lowest BCUT2D eigenvalue weighted by molar-refractivity contribution is -0.141. The topological polar surface area (TPSA) is 64.0 Å². The van der Waals surface area contributed by atoms with Crippen molar-refractivity contribution in [3.05, 3.63) is 36.5 Å². The lowest BCUT2D eigenvalue weighted by Crippen LogP contribution is -2.25. The van der Waals surface area contributed by atoms with Gasteiger partial charge in [-0.2, -0.15) is 13.2 Å². The third-order valence-corrected chi connectivity index (χ3v) is 3.51. The van der Waals surface area contributed by atoms with Gasteiger partial charge >= 0.3 is 6.18 Å². The SMILES string of the molecule is FC(F)(F)c1ccnc(N2CCC(COc3cnccn3)C2)n1. The van der Waals surface area contributed by atoms with Crippen LogP contribution in [0.2, 0.25) is 0 Å². The van der Waals surface area contributed by atoms with E-state index in [1.54, 1.807) is 11.1 Å². The van der Waals surface area contributed by atoms with Gasteiger partial charge in [-0.1, -0.05) is 0 Å². The molecule has 3 rings (SSSR count). The zero-order valence-corrected chi connectivity index (χ0v) is 12.1. The van der Waals surface area contributed by atoms with Gasteiger partial charge in [0.1, 0.15) is 5.69 Å². The number of halogens is 3. The van der Waals surface area contributed by atoms with E-state index >= 15 is 0 Å². The predicted octanol–water partition coefficient (Wildman–Crippen LogP) is 2.19. The van der Waals surface area contributed by atoms with Crippen LogP contribution in [0.25, 0.3) is 0 Å². The normalized spacial score (nSPS) is 18.2. The Bertz CT molecular complexity index is 652.